The lowest BCUT2D eigenvalue weighted by molar-refractivity contribution is 0.154. The number of pyridine rings is 1. The summed E-state index contributed by atoms with van der Waals surface area (Å²) in [7, 11) is 2.06. The van der Waals surface area contributed by atoms with Crippen molar-refractivity contribution in [1.82, 2.24) is 4.98 Å². The van der Waals surface area contributed by atoms with Crippen molar-refractivity contribution >= 4 is 11.4 Å². The topological polar surface area (TPSA) is 37.4 Å². The maximum Gasteiger partial charge on any atom is 0.0641 e. The van der Waals surface area contributed by atoms with Crippen LogP contribution in [0.3, 0.4) is 0 Å². The van der Waals surface area contributed by atoms with Gasteiger partial charge in [-0.15, -0.1) is 0 Å². The van der Waals surface area contributed by atoms with Crippen LogP contribution in [-0.4, -0.2) is 38.3 Å². The zero-order valence-electron chi connectivity index (χ0n) is 11.1. The number of rotatable bonds is 8. The van der Waals surface area contributed by atoms with Gasteiger partial charge in [0, 0.05) is 26.7 Å². The Morgan fingerprint density at radius 3 is 2.88 bits per heavy atom. The van der Waals surface area contributed by atoms with Gasteiger partial charge >= 0.3 is 0 Å². The van der Waals surface area contributed by atoms with Crippen molar-refractivity contribution in [3.05, 3.63) is 18.5 Å². The molecule has 0 aliphatic heterocycles. The lowest BCUT2D eigenvalue weighted by Gasteiger charge is -2.19. The van der Waals surface area contributed by atoms with Gasteiger partial charge in [0.15, 0.2) is 0 Å². The van der Waals surface area contributed by atoms with Crippen LogP contribution in [0.2, 0.25) is 0 Å². The normalized spacial score (nSPS) is 10.3. The highest BCUT2D eigenvalue weighted by molar-refractivity contribution is 5.55. The van der Waals surface area contributed by atoms with Crippen LogP contribution in [0, 0.1) is 0 Å². The molecule has 0 atom stereocenters. The molecule has 0 aromatic carbocycles. The summed E-state index contributed by atoms with van der Waals surface area (Å²) in [5.41, 5.74) is 2.19. The molecule has 0 aliphatic rings. The number of hydrogen-bond acceptors (Lipinski definition) is 4. The monoisotopic (exact) mass is 237 g/mol. The lowest BCUT2D eigenvalue weighted by Crippen LogP contribution is -2.22. The van der Waals surface area contributed by atoms with E-state index in [9.17, 15) is 0 Å². The number of nitrogens with zero attached hydrogens (tertiary/aromatic N) is 2. The predicted octanol–water partition coefficient (Wildman–Crippen LogP) is 2.38. The SMILES string of the molecule is CCCNc1cncc(N(C)CCOCC)c1. The molecule has 4 heteroatoms. The zero-order chi connectivity index (χ0) is 12.5. The van der Waals surface area contributed by atoms with Crippen LogP contribution in [0.25, 0.3) is 0 Å². The second kappa shape index (κ2) is 7.90. The van der Waals surface area contributed by atoms with Crippen molar-refractivity contribution in [2.45, 2.75) is 20.3 Å². The summed E-state index contributed by atoms with van der Waals surface area (Å²) in [5.74, 6) is 0. The second-order valence-electron chi connectivity index (χ2n) is 3.98. The molecule has 1 heterocycles. The van der Waals surface area contributed by atoms with Crippen molar-refractivity contribution in [1.29, 1.82) is 0 Å². The highest BCUT2D eigenvalue weighted by Gasteiger charge is 2.02. The maximum absolute atomic E-state index is 5.34. The molecule has 0 saturated carbocycles. The van der Waals surface area contributed by atoms with Crippen molar-refractivity contribution in [3.63, 3.8) is 0 Å². The molecule has 0 bridgehead atoms. The molecule has 0 amide bonds. The van der Waals surface area contributed by atoms with Gasteiger partial charge in [0.2, 0.25) is 0 Å². The molecule has 0 fully saturated rings. The van der Waals surface area contributed by atoms with Crippen molar-refractivity contribution in [3.8, 4) is 0 Å². The average Bonchev–Trinajstić information content (AvgIpc) is 2.37. The number of nitrogens with one attached hydrogen (secondary N) is 1. The molecule has 4 nitrogen and oxygen atoms in total. The van der Waals surface area contributed by atoms with Crippen LogP contribution >= 0.6 is 0 Å². The first kappa shape index (κ1) is 13.8. The summed E-state index contributed by atoms with van der Waals surface area (Å²) in [6.45, 7) is 7.54. The third-order valence-corrected chi connectivity index (χ3v) is 2.52. The minimum absolute atomic E-state index is 0.750. The van der Waals surface area contributed by atoms with Crippen molar-refractivity contribution < 1.29 is 4.74 Å². The number of hydrogen-bond donors (Lipinski definition) is 1. The first-order chi connectivity index (χ1) is 8.27. The van der Waals surface area contributed by atoms with Gasteiger partial charge in [-0.1, -0.05) is 6.92 Å². The number of anilines is 2. The number of aromatic nitrogens is 1. The summed E-state index contributed by atoms with van der Waals surface area (Å²) in [5, 5.41) is 3.34. The van der Waals surface area contributed by atoms with Gasteiger partial charge in [-0.05, 0) is 19.4 Å². The number of ether oxygens (including phenoxy) is 1. The van der Waals surface area contributed by atoms with E-state index in [1.54, 1.807) is 0 Å². The zero-order valence-corrected chi connectivity index (χ0v) is 11.1. The molecule has 0 spiro atoms. The minimum Gasteiger partial charge on any atom is -0.384 e. The molecule has 17 heavy (non-hydrogen) atoms. The van der Waals surface area contributed by atoms with Gasteiger partial charge in [-0.2, -0.15) is 0 Å². The molecule has 1 aromatic heterocycles. The number of likely N-dealkylation sites (N-methyl/N-ethyl adjacent to an activating group) is 1. The Kier molecular flexibility index (Phi) is 6.40. The quantitative estimate of drug-likeness (QED) is 0.704. The first-order valence-corrected chi connectivity index (χ1v) is 6.25. The van der Waals surface area contributed by atoms with E-state index in [1.807, 2.05) is 19.3 Å². The summed E-state index contributed by atoms with van der Waals surface area (Å²) in [6, 6.07) is 2.12. The molecule has 0 radical (unpaired) electrons. The van der Waals surface area contributed by atoms with Crippen LogP contribution in [0.1, 0.15) is 20.3 Å². The van der Waals surface area contributed by atoms with Gasteiger partial charge in [0.1, 0.15) is 0 Å². The van der Waals surface area contributed by atoms with Gasteiger partial charge in [0.05, 0.1) is 30.4 Å². The standard InChI is InChI=1S/C13H23N3O/c1-4-6-15-12-9-13(11-14-10-12)16(3)7-8-17-5-2/h9-11,15H,4-8H2,1-3H3. The van der Waals surface area contributed by atoms with E-state index in [1.165, 1.54) is 0 Å². The fourth-order valence-corrected chi connectivity index (χ4v) is 1.48. The van der Waals surface area contributed by atoms with Gasteiger partial charge in [-0.3, -0.25) is 4.98 Å². The largest absolute Gasteiger partial charge is 0.384 e. The maximum atomic E-state index is 5.34. The van der Waals surface area contributed by atoms with E-state index < -0.39 is 0 Å². The van der Waals surface area contributed by atoms with E-state index in [2.05, 4.69) is 35.2 Å². The van der Waals surface area contributed by atoms with Gasteiger partial charge < -0.3 is 15.0 Å². The van der Waals surface area contributed by atoms with Crippen LogP contribution in [0.4, 0.5) is 11.4 Å². The Morgan fingerprint density at radius 1 is 1.35 bits per heavy atom. The highest BCUT2D eigenvalue weighted by atomic mass is 16.5. The summed E-state index contributed by atoms with van der Waals surface area (Å²) < 4.78 is 5.34. The van der Waals surface area contributed by atoms with Crippen LogP contribution in [-0.2, 0) is 4.74 Å². The third kappa shape index (κ3) is 5.04. The molecule has 0 aliphatic carbocycles. The van der Waals surface area contributed by atoms with E-state index in [0.717, 1.165) is 44.1 Å². The van der Waals surface area contributed by atoms with E-state index in [-0.39, 0.29) is 0 Å². The summed E-state index contributed by atoms with van der Waals surface area (Å²) in [6.07, 6.45) is 4.85. The van der Waals surface area contributed by atoms with Crippen molar-refractivity contribution in [2.24, 2.45) is 0 Å². The van der Waals surface area contributed by atoms with E-state index in [4.69, 9.17) is 4.74 Å². The first-order valence-electron chi connectivity index (χ1n) is 6.25. The fraction of sp³-hybridized carbons (Fsp3) is 0.615. The molecule has 0 unspecified atom stereocenters. The van der Waals surface area contributed by atoms with Crippen LogP contribution in [0.5, 0.6) is 0 Å². The van der Waals surface area contributed by atoms with E-state index >= 15 is 0 Å². The molecule has 0 saturated heterocycles. The second-order valence-corrected chi connectivity index (χ2v) is 3.98. The highest BCUT2D eigenvalue weighted by Crippen LogP contribution is 2.16. The van der Waals surface area contributed by atoms with Crippen LogP contribution in [0.15, 0.2) is 18.5 Å². The lowest BCUT2D eigenvalue weighted by atomic mass is 10.3. The molecule has 1 rings (SSSR count). The van der Waals surface area contributed by atoms with Gasteiger partial charge in [-0.25, -0.2) is 0 Å². The Bertz CT molecular complexity index is 317. The Balaban J connectivity index is 2.51. The predicted molar refractivity (Wildman–Crippen MR) is 72.8 cm³/mol. The molecule has 1 aromatic rings. The molecule has 1 N–H and O–H groups in total. The summed E-state index contributed by atoms with van der Waals surface area (Å²) >= 11 is 0. The van der Waals surface area contributed by atoms with Gasteiger partial charge in [0.25, 0.3) is 0 Å². The van der Waals surface area contributed by atoms with Crippen LogP contribution < -0.4 is 10.2 Å². The van der Waals surface area contributed by atoms with E-state index in [0.29, 0.717) is 0 Å². The smallest absolute Gasteiger partial charge is 0.0641 e. The molecular formula is C13H23N3O. The van der Waals surface area contributed by atoms with Crippen molar-refractivity contribution in [2.75, 3.05) is 43.6 Å². The summed E-state index contributed by atoms with van der Waals surface area (Å²) in [4.78, 5) is 6.39. The molecular weight excluding hydrogens is 214 g/mol. The third-order valence-electron chi connectivity index (χ3n) is 2.52. The fourth-order valence-electron chi connectivity index (χ4n) is 1.48. The Labute approximate surface area is 104 Å². The average molecular weight is 237 g/mol. The molecule has 96 valence electrons. The Hall–Kier alpha value is -1.29. The Morgan fingerprint density at radius 2 is 2.18 bits per heavy atom. The minimum atomic E-state index is 0.750.